The second kappa shape index (κ2) is 13.6. The second-order valence-electron chi connectivity index (χ2n) is 10.1. The molecular weight excluding hydrogens is 603 g/mol. The summed E-state index contributed by atoms with van der Waals surface area (Å²) >= 11 is 6.71. The number of esters is 1. The Morgan fingerprint density at radius 1 is 1.32 bits per heavy atom. The third-order valence-electron chi connectivity index (χ3n) is 5.21. The van der Waals surface area contributed by atoms with Gasteiger partial charge in [0.1, 0.15) is 18.2 Å². The molecule has 0 bridgehead atoms. The highest BCUT2D eigenvalue weighted by Crippen LogP contribution is 2.48. The van der Waals surface area contributed by atoms with E-state index >= 15 is 4.39 Å². The molecule has 1 fully saturated rings. The van der Waals surface area contributed by atoms with Gasteiger partial charge in [0.15, 0.2) is 11.3 Å². The summed E-state index contributed by atoms with van der Waals surface area (Å²) < 4.78 is 63.8. The summed E-state index contributed by atoms with van der Waals surface area (Å²) in [7, 11) is -4.42. The molecule has 0 aromatic carbocycles. The summed E-state index contributed by atoms with van der Waals surface area (Å²) in [5.74, 6) is -2.17. The number of hydrogen-bond acceptors (Lipinski definition) is 11. The van der Waals surface area contributed by atoms with Crippen LogP contribution in [0.5, 0.6) is 0 Å². The number of aromatic nitrogens is 2. The fourth-order valence-electron chi connectivity index (χ4n) is 3.16. The number of rotatable bonds is 12. The lowest BCUT2D eigenvalue weighted by Crippen LogP contribution is -2.42. The topological polar surface area (TPSA) is 175 Å². The SMILES string of the molecule is CC(C)OC(=O)[C@@H](C)N[P@](=O)(OCCSC(=O)C(C)(C)C)OC[C@H]1O[C@@H](n2cc(F)c(=O)[nH]c2=O)[C@](F)(Cl)[C@@H]1O. The predicted octanol–water partition coefficient (Wildman–Crippen LogP) is 2.22. The van der Waals surface area contributed by atoms with Crippen molar-refractivity contribution in [1.82, 2.24) is 14.6 Å². The van der Waals surface area contributed by atoms with Crippen LogP contribution in [0.3, 0.4) is 0 Å². The Morgan fingerprint density at radius 3 is 2.52 bits per heavy atom. The van der Waals surface area contributed by atoms with Crippen molar-refractivity contribution in [1.29, 1.82) is 0 Å². The van der Waals surface area contributed by atoms with E-state index in [0.717, 1.165) is 11.8 Å². The first-order chi connectivity index (χ1) is 18.3. The smallest absolute Gasteiger partial charge is 0.406 e. The van der Waals surface area contributed by atoms with E-state index < -0.39 is 78.5 Å². The summed E-state index contributed by atoms with van der Waals surface area (Å²) in [4.78, 5) is 49.4. The average molecular weight is 636 g/mol. The van der Waals surface area contributed by atoms with Gasteiger partial charge in [-0.25, -0.2) is 18.8 Å². The van der Waals surface area contributed by atoms with Gasteiger partial charge < -0.3 is 14.6 Å². The standard InChI is InChI=1S/C22H33ClF2N3O10PS/c1-11(2)37-17(31)12(3)27-39(34,35-7-8-40-19(32)21(4,5)6)36-10-14-15(29)22(23,25)18(38-14)28-9-13(24)16(30)26-20(28)33/h9,11-12,14-15,18,29H,7-8,10H2,1-6H3,(H,27,34)(H,26,30,33)/t12-,14-,15-,18-,22+,39+/m1/s1. The fraction of sp³-hybridized carbons (Fsp3) is 0.727. The molecular formula is C22H33ClF2N3O10PS. The van der Waals surface area contributed by atoms with E-state index in [1.165, 1.54) is 6.92 Å². The highest BCUT2D eigenvalue weighted by molar-refractivity contribution is 8.13. The maximum absolute atomic E-state index is 15.2. The van der Waals surface area contributed by atoms with Gasteiger partial charge in [0.25, 0.3) is 10.7 Å². The molecule has 6 atom stereocenters. The molecule has 0 amide bonds. The van der Waals surface area contributed by atoms with E-state index in [1.54, 1.807) is 39.6 Å². The molecule has 1 aromatic rings. The first-order valence-corrected chi connectivity index (χ1v) is 15.0. The number of H-pyrrole nitrogens is 1. The molecule has 1 saturated heterocycles. The molecule has 40 heavy (non-hydrogen) atoms. The molecule has 2 heterocycles. The summed E-state index contributed by atoms with van der Waals surface area (Å²) in [6.45, 7) is 8.56. The number of nitrogens with zero attached hydrogens (tertiary/aromatic N) is 1. The Kier molecular flexibility index (Phi) is 11.7. The molecule has 0 aliphatic carbocycles. The van der Waals surface area contributed by atoms with Crippen molar-refractivity contribution >= 4 is 42.2 Å². The van der Waals surface area contributed by atoms with Crippen molar-refractivity contribution in [2.45, 2.75) is 77.3 Å². The lowest BCUT2D eigenvalue weighted by atomic mass is 10.00. The van der Waals surface area contributed by atoms with Gasteiger partial charge >= 0.3 is 19.4 Å². The van der Waals surface area contributed by atoms with Gasteiger partial charge in [-0.3, -0.25) is 33.0 Å². The number of aromatic amines is 1. The molecule has 3 N–H and O–H groups in total. The first-order valence-electron chi connectivity index (χ1n) is 12.1. The molecule has 228 valence electrons. The molecule has 1 aromatic heterocycles. The van der Waals surface area contributed by atoms with Gasteiger partial charge in [-0.15, -0.1) is 0 Å². The Hall–Kier alpha value is -1.65. The van der Waals surface area contributed by atoms with Crippen molar-refractivity contribution in [2.75, 3.05) is 19.0 Å². The van der Waals surface area contributed by atoms with E-state index in [9.17, 15) is 33.2 Å². The van der Waals surface area contributed by atoms with Crippen molar-refractivity contribution in [2.24, 2.45) is 5.41 Å². The molecule has 13 nitrogen and oxygen atoms in total. The summed E-state index contributed by atoms with van der Waals surface area (Å²) in [6.07, 6.45) is -6.13. The maximum atomic E-state index is 15.2. The molecule has 18 heteroatoms. The van der Waals surface area contributed by atoms with Crippen molar-refractivity contribution in [3.05, 3.63) is 32.9 Å². The lowest BCUT2D eigenvalue weighted by molar-refractivity contribution is -0.149. The molecule has 2 rings (SSSR count). The number of nitrogens with one attached hydrogen (secondary N) is 2. The number of aliphatic hydroxyl groups excluding tert-OH is 1. The van der Waals surface area contributed by atoms with E-state index in [1.807, 2.05) is 0 Å². The molecule has 1 aliphatic rings. The largest absolute Gasteiger partial charge is 0.462 e. The Morgan fingerprint density at radius 2 is 1.95 bits per heavy atom. The molecule has 0 saturated carbocycles. The predicted molar refractivity (Wildman–Crippen MR) is 141 cm³/mol. The number of halogens is 3. The minimum absolute atomic E-state index is 0.0660. The quantitative estimate of drug-likeness (QED) is 0.132. The van der Waals surface area contributed by atoms with Crippen LogP contribution in [0.2, 0.25) is 0 Å². The van der Waals surface area contributed by atoms with Crippen LogP contribution < -0.4 is 16.3 Å². The number of hydrogen-bond donors (Lipinski definition) is 3. The van der Waals surface area contributed by atoms with E-state index in [-0.39, 0.29) is 17.5 Å². The second-order valence-corrected chi connectivity index (χ2v) is 13.6. The summed E-state index contributed by atoms with van der Waals surface area (Å²) in [6, 6.07) is -1.21. The lowest BCUT2D eigenvalue weighted by Gasteiger charge is -2.25. The van der Waals surface area contributed by atoms with Crippen LogP contribution >= 0.6 is 31.1 Å². The Balaban J connectivity index is 2.19. The van der Waals surface area contributed by atoms with Crippen LogP contribution in [-0.2, 0) is 32.7 Å². The van der Waals surface area contributed by atoms with Crippen LogP contribution in [0.1, 0.15) is 47.8 Å². The zero-order valence-corrected chi connectivity index (χ0v) is 25.1. The molecule has 0 spiro atoms. The summed E-state index contributed by atoms with van der Waals surface area (Å²) in [5, 5.41) is 9.43. The van der Waals surface area contributed by atoms with Crippen LogP contribution in [0.25, 0.3) is 0 Å². The zero-order chi connectivity index (χ0) is 30.6. The number of carbonyl (C=O) groups is 2. The highest BCUT2D eigenvalue weighted by Gasteiger charge is 2.58. The normalized spacial score (nSPS) is 25.5. The highest BCUT2D eigenvalue weighted by atomic mass is 35.5. The average Bonchev–Trinajstić information content (AvgIpc) is 3.05. The maximum Gasteiger partial charge on any atom is 0.406 e. The van der Waals surface area contributed by atoms with Gasteiger partial charge in [-0.1, -0.05) is 44.1 Å². The minimum Gasteiger partial charge on any atom is -0.462 e. The zero-order valence-electron chi connectivity index (χ0n) is 22.6. The molecule has 0 unspecified atom stereocenters. The number of thioether (sulfide) groups is 1. The third-order valence-corrected chi connectivity index (χ3v) is 8.58. The van der Waals surface area contributed by atoms with Gasteiger partial charge in [0, 0.05) is 11.2 Å². The first kappa shape index (κ1) is 34.6. The van der Waals surface area contributed by atoms with Crippen LogP contribution in [-0.4, -0.2) is 74.2 Å². The number of ether oxygens (including phenoxy) is 2. The molecule has 0 radical (unpaired) electrons. The van der Waals surface area contributed by atoms with E-state index in [2.05, 4.69) is 5.09 Å². The number of aliphatic hydroxyl groups is 1. The van der Waals surface area contributed by atoms with Crippen molar-refractivity contribution < 1.29 is 46.6 Å². The number of alkyl halides is 2. The van der Waals surface area contributed by atoms with E-state index in [0.29, 0.717) is 10.8 Å². The van der Waals surface area contributed by atoms with Crippen molar-refractivity contribution in [3.63, 3.8) is 0 Å². The van der Waals surface area contributed by atoms with Crippen LogP contribution in [0.4, 0.5) is 8.78 Å². The van der Waals surface area contributed by atoms with Gasteiger partial charge in [0.05, 0.1) is 25.5 Å². The van der Waals surface area contributed by atoms with E-state index in [4.69, 9.17) is 30.1 Å². The summed E-state index contributed by atoms with van der Waals surface area (Å²) in [5.41, 5.74) is -3.28. The molecule has 1 aliphatic heterocycles. The fourth-order valence-corrected chi connectivity index (χ4v) is 5.84. The Bertz CT molecular complexity index is 1240. The van der Waals surface area contributed by atoms with Gasteiger partial charge in [-0.05, 0) is 20.8 Å². The van der Waals surface area contributed by atoms with Gasteiger partial charge in [-0.2, -0.15) is 4.39 Å². The van der Waals surface area contributed by atoms with Crippen LogP contribution in [0.15, 0.2) is 15.8 Å². The Labute approximate surface area is 237 Å². The van der Waals surface area contributed by atoms with Crippen LogP contribution in [0, 0.1) is 11.2 Å². The van der Waals surface area contributed by atoms with Gasteiger partial charge in [0.2, 0.25) is 5.82 Å². The number of carbonyl (C=O) groups excluding carboxylic acids is 2. The monoisotopic (exact) mass is 635 g/mol. The van der Waals surface area contributed by atoms with Crippen molar-refractivity contribution in [3.8, 4) is 0 Å². The third kappa shape index (κ3) is 8.92. The minimum atomic E-state index is -4.42.